The van der Waals surface area contributed by atoms with Crippen LogP contribution < -0.4 is 10.6 Å². The van der Waals surface area contributed by atoms with Crippen LogP contribution in [-0.4, -0.2) is 60.2 Å². The van der Waals surface area contributed by atoms with E-state index in [1.807, 2.05) is 19.9 Å². The number of methoxy groups -OCH3 is 1. The lowest BCUT2D eigenvalue weighted by molar-refractivity contribution is -0.124. The van der Waals surface area contributed by atoms with Gasteiger partial charge in [0.1, 0.15) is 11.5 Å². The van der Waals surface area contributed by atoms with Crippen LogP contribution in [0.25, 0.3) is 0 Å². The summed E-state index contributed by atoms with van der Waals surface area (Å²) >= 11 is 0. The second-order valence-corrected chi connectivity index (χ2v) is 6.91. The summed E-state index contributed by atoms with van der Waals surface area (Å²) in [6.07, 6.45) is 2.12. The molecule has 1 amide bonds. The first-order valence-electron chi connectivity index (χ1n) is 9.54. The van der Waals surface area contributed by atoms with E-state index in [-0.39, 0.29) is 34.6 Å². The van der Waals surface area contributed by atoms with Gasteiger partial charge in [-0.05, 0) is 31.1 Å². The Balaban J connectivity index is 2.34. The average molecular weight is 403 g/mol. The molecule has 0 radical (unpaired) electrons. The molecule has 2 rings (SSSR count). The van der Waals surface area contributed by atoms with Crippen molar-refractivity contribution >= 4 is 17.4 Å². The summed E-state index contributed by atoms with van der Waals surface area (Å²) in [6.45, 7) is 3.95. The monoisotopic (exact) mass is 403 g/mol. The molecule has 158 valence electrons. The van der Waals surface area contributed by atoms with Crippen molar-refractivity contribution in [2.75, 3.05) is 26.5 Å². The molecule has 2 atom stereocenters. The highest BCUT2D eigenvalue weighted by molar-refractivity contribution is 6.11. The number of aliphatic hydroxyl groups is 1. The Morgan fingerprint density at radius 1 is 1.34 bits per heavy atom. The molecule has 0 aliphatic heterocycles. The zero-order valence-electron chi connectivity index (χ0n) is 17.4. The lowest BCUT2D eigenvalue weighted by atomic mass is 9.93. The molecule has 1 aliphatic rings. The first kappa shape index (κ1) is 22.3. The number of benzene rings is 1. The minimum Gasteiger partial charge on any atom is -0.505 e. The Kier molecular flexibility index (Phi) is 7.28. The third-order valence-electron chi connectivity index (χ3n) is 4.69. The summed E-state index contributed by atoms with van der Waals surface area (Å²) in [5.41, 5.74) is 0.787. The number of hydrogen-bond donors (Lipinski definition) is 4. The van der Waals surface area contributed by atoms with E-state index < -0.39 is 11.9 Å². The van der Waals surface area contributed by atoms with Crippen LogP contribution in [-0.2, 0) is 9.53 Å². The van der Waals surface area contributed by atoms with Crippen molar-refractivity contribution in [1.29, 1.82) is 0 Å². The molecule has 1 aliphatic carbocycles. The number of aliphatic hydroxyl groups excluding tert-OH is 1. The number of hydrogen-bond acceptors (Lipinski definition) is 7. The first-order valence-corrected chi connectivity index (χ1v) is 9.54. The number of aromatic hydroxyl groups is 1. The van der Waals surface area contributed by atoms with Crippen molar-refractivity contribution in [3.05, 3.63) is 47.0 Å². The SMILES string of the molecule is CC/C=C(\OC)[C@H](CC)NC1=C(Nc2cccc(C(=O)N(C)C)c2O)C(=O)C1O. The number of phenols is 1. The first-order chi connectivity index (χ1) is 13.8. The fraction of sp³-hybridized carbons (Fsp3) is 0.429. The van der Waals surface area contributed by atoms with Gasteiger partial charge in [-0.1, -0.05) is 19.9 Å². The maximum Gasteiger partial charge on any atom is 0.257 e. The number of allylic oxidation sites excluding steroid dienone is 1. The Morgan fingerprint density at radius 2 is 2.03 bits per heavy atom. The number of amides is 1. The van der Waals surface area contributed by atoms with Gasteiger partial charge < -0.3 is 30.5 Å². The molecule has 8 nitrogen and oxygen atoms in total. The van der Waals surface area contributed by atoms with E-state index in [1.165, 1.54) is 11.0 Å². The Bertz CT molecular complexity index is 845. The molecule has 1 aromatic rings. The highest BCUT2D eigenvalue weighted by Gasteiger charge is 2.40. The van der Waals surface area contributed by atoms with Crippen molar-refractivity contribution in [2.24, 2.45) is 0 Å². The molecule has 4 N–H and O–H groups in total. The quantitative estimate of drug-likeness (QED) is 0.368. The van der Waals surface area contributed by atoms with E-state index >= 15 is 0 Å². The zero-order valence-corrected chi connectivity index (χ0v) is 17.4. The Morgan fingerprint density at radius 3 is 2.59 bits per heavy atom. The number of nitrogens with zero attached hydrogens (tertiary/aromatic N) is 1. The van der Waals surface area contributed by atoms with E-state index in [0.29, 0.717) is 12.1 Å². The summed E-state index contributed by atoms with van der Waals surface area (Å²) in [4.78, 5) is 25.8. The Labute approximate surface area is 170 Å². The maximum atomic E-state index is 12.2. The maximum absolute atomic E-state index is 12.2. The number of carbonyl (C=O) groups excluding carboxylic acids is 2. The van der Waals surface area contributed by atoms with Crippen molar-refractivity contribution in [3.8, 4) is 5.75 Å². The van der Waals surface area contributed by atoms with Gasteiger partial charge in [0.2, 0.25) is 5.78 Å². The topological polar surface area (TPSA) is 111 Å². The van der Waals surface area contributed by atoms with Crippen LogP contribution in [0.4, 0.5) is 5.69 Å². The van der Waals surface area contributed by atoms with Crippen LogP contribution in [0.5, 0.6) is 5.75 Å². The highest BCUT2D eigenvalue weighted by atomic mass is 16.5. The van der Waals surface area contributed by atoms with Crippen LogP contribution in [0.15, 0.2) is 41.4 Å². The highest BCUT2D eigenvalue weighted by Crippen LogP contribution is 2.33. The number of phenolic OH excluding ortho intramolecular Hbond substituents is 1. The number of rotatable bonds is 9. The van der Waals surface area contributed by atoms with E-state index in [1.54, 1.807) is 33.3 Å². The largest absolute Gasteiger partial charge is 0.505 e. The Hall–Kier alpha value is -3.00. The summed E-state index contributed by atoms with van der Waals surface area (Å²) in [5.74, 6) is -0.402. The molecule has 0 spiro atoms. The number of para-hydroxylation sites is 1. The average Bonchev–Trinajstić information content (AvgIpc) is 2.72. The predicted molar refractivity (Wildman–Crippen MR) is 110 cm³/mol. The number of carbonyl (C=O) groups is 2. The van der Waals surface area contributed by atoms with Gasteiger partial charge >= 0.3 is 0 Å². The summed E-state index contributed by atoms with van der Waals surface area (Å²) in [5, 5.41) is 26.6. The third-order valence-corrected chi connectivity index (χ3v) is 4.69. The number of anilines is 1. The van der Waals surface area contributed by atoms with Crippen LogP contribution >= 0.6 is 0 Å². The molecule has 0 saturated carbocycles. The normalized spacial score (nSPS) is 17.5. The smallest absolute Gasteiger partial charge is 0.257 e. The summed E-state index contributed by atoms with van der Waals surface area (Å²) < 4.78 is 5.42. The van der Waals surface area contributed by atoms with E-state index in [2.05, 4.69) is 10.6 Å². The lowest BCUT2D eigenvalue weighted by Crippen LogP contribution is -2.49. The number of Topliss-reactive ketones (excluding diaryl/α,β-unsaturated/α-hetero) is 1. The number of ether oxygens (including phenoxy) is 1. The minimum absolute atomic E-state index is 0.112. The van der Waals surface area contributed by atoms with Gasteiger partial charge in [-0.3, -0.25) is 9.59 Å². The molecule has 1 aromatic carbocycles. The van der Waals surface area contributed by atoms with Crippen molar-refractivity contribution < 1.29 is 24.5 Å². The van der Waals surface area contributed by atoms with Gasteiger partial charge in [0, 0.05) is 14.1 Å². The fourth-order valence-corrected chi connectivity index (χ4v) is 3.06. The lowest BCUT2D eigenvalue weighted by Gasteiger charge is -2.33. The minimum atomic E-state index is -1.28. The zero-order chi connectivity index (χ0) is 21.7. The van der Waals surface area contributed by atoms with Gasteiger partial charge in [-0.2, -0.15) is 0 Å². The molecular weight excluding hydrogens is 374 g/mol. The van der Waals surface area contributed by atoms with Gasteiger partial charge in [0.25, 0.3) is 5.91 Å². The second-order valence-electron chi connectivity index (χ2n) is 6.91. The standard InChI is InChI=1S/C21H29N3O5/c1-6-9-15(29-5)13(7-2)22-16-17(20(27)19(16)26)23-14-11-8-10-12(18(14)25)21(28)24(3)4/h8-11,13,19,22-23,25-26H,6-7H2,1-5H3/b15-9-/t13-,19?/m0/s1. The molecule has 0 heterocycles. The van der Waals surface area contributed by atoms with Gasteiger partial charge in [-0.25, -0.2) is 0 Å². The predicted octanol–water partition coefficient (Wildman–Crippen LogP) is 1.97. The van der Waals surface area contributed by atoms with Crippen LogP contribution in [0, 0.1) is 0 Å². The van der Waals surface area contributed by atoms with Gasteiger partial charge in [0.05, 0.1) is 30.1 Å². The van der Waals surface area contributed by atoms with Crippen LogP contribution in [0.3, 0.4) is 0 Å². The molecular formula is C21H29N3O5. The second kappa shape index (κ2) is 9.47. The summed E-state index contributed by atoms with van der Waals surface area (Å²) in [7, 11) is 4.74. The summed E-state index contributed by atoms with van der Waals surface area (Å²) in [6, 6.07) is 4.44. The number of nitrogens with one attached hydrogen (secondary N) is 2. The molecule has 0 saturated heterocycles. The molecule has 8 heteroatoms. The third kappa shape index (κ3) is 4.54. The van der Waals surface area contributed by atoms with Crippen LogP contribution in [0.2, 0.25) is 0 Å². The molecule has 0 fully saturated rings. The fourth-order valence-electron chi connectivity index (χ4n) is 3.06. The van der Waals surface area contributed by atoms with Gasteiger partial charge in [0.15, 0.2) is 11.9 Å². The molecule has 29 heavy (non-hydrogen) atoms. The molecule has 0 bridgehead atoms. The number of ketones is 1. The van der Waals surface area contributed by atoms with Crippen LogP contribution in [0.1, 0.15) is 37.0 Å². The van der Waals surface area contributed by atoms with E-state index in [4.69, 9.17) is 4.74 Å². The van der Waals surface area contributed by atoms with Crippen molar-refractivity contribution in [2.45, 2.75) is 38.8 Å². The van der Waals surface area contributed by atoms with E-state index in [9.17, 15) is 19.8 Å². The molecule has 1 unspecified atom stereocenters. The van der Waals surface area contributed by atoms with E-state index in [0.717, 1.165) is 12.2 Å². The van der Waals surface area contributed by atoms with Crippen molar-refractivity contribution in [3.63, 3.8) is 0 Å². The van der Waals surface area contributed by atoms with Crippen molar-refractivity contribution in [1.82, 2.24) is 10.2 Å². The molecule has 0 aromatic heterocycles. The van der Waals surface area contributed by atoms with Gasteiger partial charge in [-0.15, -0.1) is 0 Å².